The highest BCUT2D eigenvalue weighted by atomic mass is 19.1. The molecule has 2 aromatic rings. The molecule has 0 unspecified atom stereocenters. The van der Waals surface area contributed by atoms with Crippen molar-refractivity contribution < 1.29 is 9.13 Å². The maximum absolute atomic E-state index is 13.4. The second-order valence-electron chi connectivity index (χ2n) is 4.71. The van der Waals surface area contributed by atoms with E-state index >= 15 is 0 Å². The van der Waals surface area contributed by atoms with Gasteiger partial charge >= 0.3 is 0 Å². The lowest BCUT2D eigenvalue weighted by Crippen LogP contribution is -2.36. The summed E-state index contributed by atoms with van der Waals surface area (Å²) in [4.78, 5) is 2.26. The number of hydrogen-bond donors (Lipinski definition) is 1. The van der Waals surface area contributed by atoms with Crippen LogP contribution in [0.15, 0.2) is 48.5 Å². The number of halogens is 1. The first-order chi connectivity index (χ1) is 9.84. The lowest BCUT2D eigenvalue weighted by atomic mass is 10.2. The topological polar surface area (TPSA) is 24.5 Å². The third-order valence-electron chi connectivity index (χ3n) is 3.40. The first-order valence-corrected chi connectivity index (χ1v) is 6.80. The minimum absolute atomic E-state index is 0.312. The van der Waals surface area contributed by atoms with Crippen LogP contribution in [0, 0.1) is 5.82 Å². The van der Waals surface area contributed by atoms with Crippen molar-refractivity contribution in [2.24, 2.45) is 0 Å². The summed E-state index contributed by atoms with van der Waals surface area (Å²) < 4.78 is 19.0. The Morgan fingerprint density at radius 2 is 1.90 bits per heavy atom. The number of rotatable bonds is 4. The number of benzene rings is 2. The molecule has 1 aliphatic rings. The van der Waals surface area contributed by atoms with Gasteiger partial charge in [0, 0.05) is 13.1 Å². The Morgan fingerprint density at radius 3 is 2.80 bits per heavy atom. The molecule has 1 heterocycles. The maximum atomic E-state index is 13.4. The van der Waals surface area contributed by atoms with Crippen molar-refractivity contribution >= 4 is 11.4 Å². The first kappa shape index (κ1) is 12.8. The molecule has 20 heavy (non-hydrogen) atoms. The molecule has 0 fully saturated rings. The maximum Gasteiger partial charge on any atom is 0.165 e. The molecule has 0 atom stereocenters. The quantitative estimate of drug-likeness (QED) is 0.925. The predicted molar refractivity (Wildman–Crippen MR) is 79.0 cm³/mol. The number of ether oxygens (including phenoxy) is 1. The van der Waals surface area contributed by atoms with E-state index in [-0.39, 0.29) is 5.82 Å². The van der Waals surface area contributed by atoms with Gasteiger partial charge in [-0.2, -0.15) is 0 Å². The smallest absolute Gasteiger partial charge is 0.165 e. The van der Waals surface area contributed by atoms with E-state index in [1.807, 2.05) is 12.1 Å². The second kappa shape index (κ2) is 5.82. The number of anilines is 2. The van der Waals surface area contributed by atoms with Gasteiger partial charge in [-0.05, 0) is 24.3 Å². The number of hydrogen-bond acceptors (Lipinski definition) is 3. The molecule has 4 heteroatoms. The summed E-state index contributed by atoms with van der Waals surface area (Å²) in [6, 6.07) is 14.7. The number of nitrogens with zero attached hydrogens (tertiary/aromatic N) is 1. The van der Waals surface area contributed by atoms with Gasteiger partial charge in [-0.3, -0.25) is 0 Å². The molecule has 0 radical (unpaired) electrons. The highest BCUT2D eigenvalue weighted by Crippen LogP contribution is 2.28. The van der Waals surface area contributed by atoms with Crippen molar-refractivity contribution in [1.82, 2.24) is 0 Å². The fourth-order valence-corrected chi connectivity index (χ4v) is 2.40. The molecular formula is C16H17FN2O. The summed E-state index contributed by atoms with van der Waals surface area (Å²) in [5.74, 6) is 0.00382. The number of nitrogens with one attached hydrogen (secondary N) is 1. The molecule has 0 spiro atoms. The van der Waals surface area contributed by atoms with Gasteiger partial charge < -0.3 is 15.0 Å². The second-order valence-corrected chi connectivity index (χ2v) is 4.71. The van der Waals surface area contributed by atoms with E-state index in [9.17, 15) is 4.39 Å². The molecule has 104 valence electrons. The zero-order valence-corrected chi connectivity index (χ0v) is 11.2. The van der Waals surface area contributed by atoms with Crippen LogP contribution in [0.4, 0.5) is 15.8 Å². The predicted octanol–water partition coefficient (Wildman–Crippen LogP) is 3.14. The van der Waals surface area contributed by atoms with Crippen molar-refractivity contribution in [2.45, 2.75) is 0 Å². The monoisotopic (exact) mass is 272 g/mol. The van der Waals surface area contributed by atoms with E-state index in [1.165, 1.54) is 11.8 Å². The van der Waals surface area contributed by atoms with Crippen molar-refractivity contribution in [1.29, 1.82) is 0 Å². The molecule has 1 aliphatic heterocycles. The van der Waals surface area contributed by atoms with Crippen LogP contribution in [0.3, 0.4) is 0 Å². The number of fused-ring (bicyclic) bond motifs is 1. The third-order valence-corrected chi connectivity index (χ3v) is 3.40. The van der Waals surface area contributed by atoms with Crippen LogP contribution in [-0.4, -0.2) is 26.2 Å². The molecule has 0 bridgehead atoms. The molecule has 1 N–H and O–H groups in total. The van der Waals surface area contributed by atoms with Gasteiger partial charge in [0.1, 0.15) is 6.61 Å². The molecule has 0 aliphatic carbocycles. The van der Waals surface area contributed by atoms with Gasteiger partial charge in [-0.15, -0.1) is 0 Å². The lowest BCUT2D eigenvalue weighted by molar-refractivity contribution is 0.307. The van der Waals surface area contributed by atoms with Gasteiger partial charge in [0.05, 0.1) is 17.9 Å². The van der Waals surface area contributed by atoms with Crippen LogP contribution in [0.25, 0.3) is 0 Å². The Balaban J connectivity index is 1.61. The molecule has 0 aromatic heterocycles. The zero-order valence-electron chi connectivity index (χ0n) is 11.2. The van der Waals surface area contributed by atoms with Crippen LogP contribution in [-0.2, 0) is 0 Å². The van der Waals surface area contributed by atoms with Crippen LogP contribution < -0.4 is 15.0 Å². The number of para-hydroxylation sites is 3. The van der Waals surface area contributed by atoms with Crippen LogP contribution in [0.2, 0.25) is 0 Å². The highest BCUT2D eigenvalue weighted by molar-refractivity contribution is 5.71. The normalized spacial score (nSPS) is 13.6. The standard InChI is InChI=1S/C16H17FN2O/c17-13-5-1-4-8-16(13)20-12-11-19-10-9-18-14-6-2-3-7-15(14)19/h1-8,18H,9-12H2. The van der Waals surface area contributed by atoms with Crippen LogP contribution >= 0.6 is 0 Å². The van der Waals surface area contributed by atoms with E-state index in [1.54, 1.807) is 18.2 Å². The fourth-order valence-electron chi connectivity index (χ4n) is 2.40. The van der Waals surface area contributed by atoms with E-state index in [4.69, 9.17) is 4.74 Å². The Kier molecular flexibility index (Phi) is 3.72. The Hall–Kier alpha value is -2.23. The summed E-state index contributed by atoms with van der Waals surface area (Å²) in [7, 11) is 0. The van der Waals surface area contributed by atoms with Crippen LogP contribution in [0.1, 0.15) is 0 Å². The summed E-state index contributed by atoms with van der Waals surface area (Å²) in [6.07, 6.45) is 0. The Labute approximate surface area is 118 Å². The minimum Gasteiger partial charge on any atom is -0.489 e. The average molecular weight is 272 g/mol. The van der Waals surface area contributed by atoms with Gasteiger partial charge in [0.2, 0.25) is 0 Å². The Morgan fingerprint density at radius 1 is 1.10 bits per heavy atom. The van der Waals surface area contributed by atoms with E-state index in [0.717, 1.165) is 25.3 Å². The van der Waals surface area contributed by atoms with Crippen molar-refractivity contribution in [3.8, 4) is 5.75 Å². The van der Waals surface area contributed by atoms with Crippen molar-refractivity contribution in [3.63, 3.8) is 0 Å². The summed E-state index contributed by atoms with van der Waals surface area (Å²) >= 11 is 0. The van der Waals surface area contributed by atoms with Gasteiger partial charge in [0.15, 0.2) is 11.6 Å². The largest absolute Gasteiger partial charge is 0.489 e. The molecule has 3 rings (SSSR count). The molecule has 0 saturated carbocycles. The molecule has 0 saturated heterocycles. The molecular weight excluding hydrogens is 255 g/mol. The average Bonchev–Trinajstić information content (AvgIpc) is 2.49. The first-order valence-electron chi connectivity index (χ1n) is 6.80. The third kappa shape index (κ3) is 2.69. The SMILES string of the molecule is Fc1ccccc1OCCN1CCNc2ccccc21. The van der Waals surface area contributed by atoms with E-state index < -0.39 is 0 Å². The van der Waals surface area contributed by atoms with Gasteiger partial charge in [-0.1, -0.05) is 24.3 Å². The van der Waals surface area contributed by atoms with E-state index in [0.29, 0.717) is 12.4 Å². The van der Waals surface area contributed by atoms with Crippen molar-refractivity contribution in [2.75, 3.05) is 36.5 Å². The summed E-state index contributed by atoms with van der Waals surface area (Å²) in [5.41, 5.74) is 2.32. The van der Waals surface area contributed by atoms with E-state index in [2.05, 4.69) is 22.3 Å². The minimum atomic E-state index is -0.312. The lowest BCUT2D eigenvalue weighted by Gasteiger charge is -2.31. The van der Waals surface area contributed by atoms with Crippen molar-refractivity contribution in [3.05, 3.63) is 54.3 Å². The molecule has 0 amide bonds. The summed E-state index contributed by atoms with van der Waals surface area (Å²) in [6.45, 7) is 3.05. The molecule has 3 nitrogen and oxygen atoms in total. The highest BCUT2D eigenvalue weighted by Gasteiger charge is 2.15. The fraction of sp³-hybridized carbons (Fsp3) is 0.250. The van der Waals surface area contributed by atoms with Crippen LogP contribution in [0.5, 0.6) is 5.75 Å². The van der Waals surface area contributed by atoms with Gasteiger partial charge in [0.25, 0.3) is 0 Å². The molecule has 2 aromatic carbocycles. The van der Waals surface area contributed by atoms with Gasteiger partial charge in [-0.25, -0.2) is 4.39 Å². The Bertz CT molecular complexity index is 588. The summed E-state index contributed by atoms with van der Waals surface area (Å²) in [5, 5.41) is 3.37. The zero-order chi connectivity index (χ0) is 13.8.